The molecule has 1 aliphatic heterocycles. The van der Waals surface area contributed by atoms with E-state index in [-0.39, 0.29) is 5.91 Å². The fourth-order valence-electron chi connectivity index (χ4n) is 2.73. The third-order valence-electron chi connectivity index (χ3n) is 3.82. The van der Waals surface area contributed by atoms with Crippen LogP contribution in [0, 0.1) is 5.92 Å². The lowest BCUT2D eigenvalue weighted by molar-refractivity contribution is 0.0716. The molecule has 0 saturated carbocycles. The number of benzene rings is 1. The van der Waals surface area contributed by atoms with E-state index in [2.05, 4.69) is 12.2 Å². The zero-order valence-corrected chi connectivity index (χ0v) is 12.8. The van der Waals surface area contributed by atoms with Crippen molar-refractivity contribution in [1.29, 1.82) is 0 Å². The van der Waals surface area contributed by atoms with Gasteiger partial charge in [-0.25, -0.2) is 0 Å². The third-order valence-corrected chi connectivity index (χ3v) is 4.15. The molecule has 0 unspecified atom stereocenters. The van der Waals surface area contributed by atoms with E-state index in [0.29, 0.717) is 16.5 Å². The zero-order chi connectivity index (χ0) is 14.4. The highest BCUT2D eigenvalue weighted by molar-refractivity contribution is 6.33. The minimum atomic E-state index is 0.0657. The van der Waals surface area contributed by atoms with Gasteiger partial charge in [0.1, 0.15) is 0 Å². The summed E-state index contributed by atoms with van der Waals surface area (Å²) in [4.78, 5) is 14.6. The summed E-state index contributed by atoms with van der Waals surface area (Å²) in [5, 5.41) is 3.91. The monoisotopic (exact) mass is 294 g/mol. The number of nitrogens with one attached hydrogen (secondary N) is 1. The molecule has 1 aromatic carbocycles. The second-order valence-electron chi connectivity index (χ2n) is 5.42. The highest BCUT2D eigenvalue weighted by Gasteiger charge is 2.22. The molecule has 3 nitrogen and oxygen atoms in total. The fraction of sp³-hybridized carbons (Fsp3) is 0.562. The number of halogens is 1. The maximum atomic E-state index is 12.7. The quantitative estimate of drug-likeness (QED) is 0.904. The van der Waals surface area contributed by atoms with Crippen molar-refractivity contribution in [2.24, 2.45) is 5.92 Å². The Balaban J connectivity index is 2.07. The zero-order valence-electron chi connectivity index (χ0n) is 12.1. The maximum Gasteiger partial charge on any atom is 0.255 e. The average molecular weight is 295 g/mol. The van der Waals surface area contributed by atoms with Crippen LogP contribution >= 0.6 is 11.6 Å². The molecule has 1 aromatic rings. The van der Waals surface area contributed by atoms with E-state index in [1.807, 2.05) is 23.1 Å². The summed E-state index contributed by atoms with van der Waals surface area (Å²) in [6.45, 7) is 5.87. The van der Waals surface area contributed by atoms with Gasteiger partial charge in [-0.15, -0.1) is 0 Å². The summed E-state index contributed by atoms with van der Waals surface area (Å²) in [7, 11) is 0. The van der Waals surface area contributed by atoms with E-state index in [1.165, 1.54) is 0 Å². The molecule has 20 heavy (non-hydrogen) atoms. The molecule has 1 saturated heterocycles. The number of carbonyl (C=O) groups excluding carboxylic acids is 1. The largest absolute Gasteiger partial charge is 0.338 e. The van der Waals surface area contributed by atoms with E-state index in [0.717, 1.165) is 45.4 Å². The Hall–Kier alpha value is -1.06. The minimum Gasteiger partial charge on any atom is -0.338 e. The molecule has 0 aromatic heterocycles. The van der Waals surface area contributed by atoms with Gasteiger partial charge in [-0.3, -0.25) is 4.79 Å². The Labute approximate surface area is 126 Å². The first-order valence-corrected chi connectivity index (χ1v) is 7.84. The van der Waals surface area contributed by atoms with Gasteiger partial charge in [-0.05, 0) is 50.4 Å². The number of rotatable bonds is 5. The van der Waals surface area contributed by atoms with Crippen LogP contribution in [0.1, 0.15) is 36.5 Å². The van der Waals surface area contributed by atoms with Gasteiger partial charge in [0.25, 0.3) is 5.91 Å². The Kier molecular flexibility index (Phi) is 5.86. The molecule has 1 aliphatic rings. The number of hydrogen-bond donors (Lipinski definition) is 1. The molecular weight excluding hydrogens is 272 g/mol. The number of nitrogens with zero attached hydrogens (tertiary/aromatic N) is 1. The van der Waals surface area contributed by atoms with Crippen LogP contribution in [-0.4, -0.2) is 37.0 Å². The molecular formula is C16H23ClN2O. The first-order valence-electron chi connectivity index (χ1n) is 7.47. The van der Waals surface area contributed by atoms with Crippen molar-refractivity contribution in [3.63, 3.8) is 0 Å². The normalized spacial score (nSPS) is 16.1. The van der Waals surface area contributed by atoms with E-state index in [9.17, 15) is 4.79 Å². The standard InChI is InChI=1S/C16H23ClN2O/c1-2-11-19(12-13-7-9-18-10-8-13)16(20)14-5-3-4-6-15(14)17/h3-6,13,18H,2,7-12H2,1H3. The van der Waals surface area contributed by atoms with E-state index in [4.69, 9.17) is 11.6 Å². The highest BCUT2D eigenvalue weighted by Crippen LogP contribution is 2.20. The van der Waals surface area contributed by atoms with Crippen molar-refractivity contribution in [2.45, 2.75) is 26.2 Å². The van der Waals surface area contributed by atoms with Gasteiger partial charge in [-0.2, -0.15) is 0 Å². The van der Waals surface area contributed by atoms with Crippen molar-refractivity contribution >= 4 is 17.5 Å². The summed E-state index contributed by atoms with van der Waals surface area (Å²) < 4.78 is 0. The predicted molar refractivity (Wildman–Crippen MR) is 83.2 cm³/mol. The van der Waals surface area contributed by atoms with Crippen LogP contribution in [0.4, 0.5) is 0 Å². The lowest BCUT2D eigenvalue weighted by Crippen LogP contribution is -2.39. The van der Waals surface area contributed by atoms with Crippen LogP contribution in [0.5, 0.6) is 0 Å². The van der Waals surface area contributed by atoms with Crippen LogP contribution in [0.3, 0.4) is 0 Å². The number of piperidine rings is 1. The predicted octanol–water partition coefficient (Wildman–Crippen LogP) is 3.19. The molecule has 1 fully saturated rings. The van der Waals surface area contributed by atoms with Gasteiger partial charge in [-0.1, -0.05) is 30.7 Å². The highest BCUT2D eigenvalue weighted by atomic mass is 35.5. The van der Waals surface area contributed by atoms with Crippen LogP contribution in [-0.2, 0) is 0 Å². The molecule has 0 bridgehead atoms. The van der Waals surface area contributed by atoms with Crippen LogP contribution in [0.25, 0.3) is 0 Å². The topological polar surface area (TPSA) is 32.3 Å². The van der Waals surface area contributed by atoms with Crippen molar-refractivity contribution < 1.29 is 4.79 Å². The van der Waals surface area contributed by atoms with Crippen molar-refractivity contribution in [1.82, 2.24) is 10.2 Å². The van der Waals surface area contributed by atoms with Gasteiger partial charge in [0, 0.05) is 13.1 Å². The first kappa shape index (κ1) is 15.3. The van der Waals surface area contributed by atoms with Crippen molar-refractivity contribution in [3.05, 3.63) is 34.9 Å². The summed E-state index contributed by atoms with van der Waals surface area (Å²) >= 11 is 6.15. The Morgan fingerprint density at radius 2 is 2.05 bits per heavy atom. The molecule has 1 heterocycles. The maximum absolute atomic E-state index is 12.7. The molecule has 0 atom stereocenters. The first-order chi connectivity index (χ1) is 9.72. The fourth-order valence-corrected chi connectivity index (χ4v) is 2.94. The summed E-state index contributed by atoms with van der Waals surface area (Å²) in [6, 6.07) is 7.32. The smallest absolute Gasteiger partial charge is 0.255 e. The SMILES string of the molecule is CCCN(CC1CCNCC1)C(=O)c1ccccc1Cl. The number of hydrogen-bond acceptors (Lipinski definition) is 2. The van der Waals surface area contributed by atoms with Gasteiger partial charge in [0.05, 0.1) is 10.6 Å². The Morgan fingerprint density at radius 3 is 2.70 bits per heavy atom. The summed E-state index contributed by atoms with van der Waals surface area (Å²) in [6.07, 6.45) is 3.27. The molecule has 2 rings (SSSR count). The Bertz CT molecular complexity index is 444. The van der Waals surface area contributed by atoms with Crippen LogP contribution < -0.4 is 5.32 Å². The number of amides is 1. The minimum absolute atomic E-state index is 0.0657. The van der Waals surface area contributed by atoms with E-state index >= 15 is 0 Å². The molecule has 4 heteroatoms. The van der Waals surface area contributed by atoms with Gasteiger partial charge in [0.2, 0.25) is 0 Å². The summed E-state index contributed by atoms with van der Waals surface area (Å²) in [5.41, 5.74) is 0.622. The van der Waals surface area contributed by atoms with Crippen molar-refractivity contribution in [2.75, 3.05) is 26.2 Å². The van der Waals surface area contributed by atoms with Crippen LogP contribution in [0.2, 0.25) is 5.02 Å². The van der Waals surface area contributed by atoms with Crippen molar-refractivity contribution in [3.8, 4) is 0 Å². The van der Waals surface area contributed by atoms with Crippen LogP contribution in [0.15, 0.2) is 24.3 Å². The molecule has 1 amide bonds. The lowest BCUT2D eigenvalue weighted by Gasteiger charge is -2.30. The van der Waals surface area contributed by atoms with Gasteiger partial charge >= 0.3 is 0 Å². The van der Waals surface area contributed by atoms with Gasteiger partial charge < -0.3 is 10.2 Å². The molecule has 1 N–H and O–H groups in total. The van der Waals surface area contributed by atoms with E-state index < -0.39 is 0 Å². The molecule has 0 spiro atoms. The lowest BCUT2D eigenvalue weighted by atomic mass is 9.97. The van der Waals surface area contributed by atoms with E-state index in [1.54, 1.807) is 6.07 Å². The third kappa shape index (κ3) is 3.97. The number of carbonyl (C=O) groups is 1. The van der Waals surface area contributed by atoms with Gasteiger partial charge in [0.15, 0.2) is 0 Å². The Morgan fingerprint density at radius 1 is 1.35 bits per heavy atom. The second-order valence-corrected chi connectivity index (χ2v) is 5.83. The second kappa shape index (κ2) is 7.65. The average Bonchev–Trinajstić information content (AvgIpc) is 2.48. The summed E-state index contributed by atoms with van der Waals surface area (Å²) in [5.74, 6) is 0.672. The molecule has 0 radical (unpaired) electrons. The molecule has 110 valence electrons. The molecule has 0 aliphatic carbocycles.